The standard InChI is InChI=1S/C18H23N5O2/c24-17(21-12-14-6-1-2-7-15(14)13-21)19-9-5-11-23-18(25)22-10-4-3-8-16(22)20-23/h1-4,8,10,14-15H,5-7,9,11-13H2,(H,19,24). The summed E-state index contributed by atoms with van der Waals surface area (Å²) in [6.45, 7) is 2.75. The molecule has 1 aliphatic carbocycles. The zero-order valence-electron chi connectivity index (χ0n) is 14.2. The van der Waals surface area contributed by atoms with Crippen molar-refractivity contribution >= 4 is 11.7 Å². The van der Waals surface area contributed by atoms with E-state index in [2.05, 4.69) is 22.6 Å². The number of likely N-dealkylation sites (tertiary alicyclic amines) is 1. The van der Waals surface area contributed by atoms with Crippen LogP contribution in [-0.2, 0) is 6.54 Å². The Balaban J connectivity index is 1.26. The number of pyridine rings is 1. The quantitative estimate of drug-likeness (QED) is 0.676. The number of amides is 2. The van der Waals surface area contributed by atoms with Crippen LogP contribution in [0.5, 0.6) is 0 Å². The zero-order valence-corrected chi connectivity index (χ0v) is 14.2. The maximum atomic E-state index is 12.3. The topological polar surface area (TPSA) is 71.6 Å². The number of nitrogens with one attached hydrogen (secondary N) is 1. The highest BCUT2D eigenvalue weighted by atomic mass is 16.2. The van der Waals surface area contributed by atoms with Crippen LogP contribution in [0.3, 0.4) is 0 Å². The molecule has 7 heteroatoms. The van der Waals surface area contributed by atoms with Crippen molar-refractivity contribution < 1.29 is 4.79 Å². The molecule has 0 aromatic carbocycles. The fourth-order valence-corrected chi connectivity index (χ4v) is 3.83. The first-order valence-electron chi connectivity index (χ1n) is 8.94. The molecule has 0 bridgehead atoms. The van der Waals surface area contributed by atoms with Crippen molar-refractivity contribution in [2.75, 3.05) is 19.6 Å². The normalized spacial score (nSPS) is 22.3. The van der Waals surface area contributed by atoms with E-state index in [1.54, 1.807) is 12.3 Å². The highest BCUT2D eigenvalue weighted by Gasteiger charge is 2.34. The van der Waals surface area contributed by atoms with Crippen molar-refractivity contribution in [2.45, 2.75) is 25.8 Å². The van der Waals surface area contributed by atoms with Crippen LogP contribution in [0.15, 0.2) is 41.3 Å². The van der Waals surface area contributed by atoms with E-state index in [1.165, 1.54) is 9.08 Å². The second kappa shape index (κ2) is 6.74. The van der Waals surface area contributed by atoms with Gasteiger partial charge < -0.3 is 10.2 Å². The van der Waals surface area contributed by atoms with Gasteiger partial charge in [-0.2, -0.15) is 0 Å². The summed E-state index contributed by atoms with van der Waals surface area (Å²) in [4.78, 5) is 26.4. The Morgan fingerprint density at radius 1 is 1.20 bits per heavy atom. The van der Waals surface area contributed by atoms with Gasteiger partial charge in [0, 0.05) is 32.4 Å². The molecule has 2 amide bonds. The van der Waals surface area contributed by atoms with Crippen LogP contribution in [0.2, 0.25) is 0 Å². The molecule has 7 nitrogen and oxygen atoms in total. The maximum Gasteiger partial charge on any atom is 0.350 e. The lowest BCUT2D eigenvalue weighted by atomic mass is 9.86. The fraction of sp³-hybridized carbons (Fsp3) is 0.500. The van der Waals surface area contributed by atoms with Gasteiger partial charge in [0.2, 0.25) is 0 Å². The average Bonchev–Trinajstić information content (AvgIpc) is 3.20. The first-order valence-corrected chi connectivity index (χ1v) is 8.94. The molecule has 4 rings (SSSR count). The minimum Gasteiger partial charge on any atom is -0.338 e. The number of hydrogen-bond acceptors (Lipinski definition) is 3. The number of carbonyl (C=O) groups excluding carboxylic acids is 1. The molecule has 2 aromatic rings. The molecule has 1 aliphatic heterocycles. The van der Waals surface area contributed by atoms with Gasteiger partial charge in [-0.1, -0.05) is 18.2 Å². The van der Waals surface area contributed by atoms with Gasteiger partial charge in [0.15, 0.2) is 5.65 Å². The molecular weight excluding hydrogens is 318 g/mol. The summed E-state index contributed by atoms with van der Waals surface area (Å²) in [5, 5.41) is 7.27. The summed E-state index contributed by atoms with van der Waals surface area (Å²) in [7, 11) is 0. The molecule has 0 radical (unpaired) electrons. The smallest absolute Gasteiger partial charge is 0.338 e. The molecule has 2 unspecified atom stereocenters. The van der Waals surface area contributed by atoms with Crippen molar-refractivity contribution in [3.63, 3.8) is 0 Å². The van der Waals surface area contributed by atoms with E-state index in [1.807, 2.05) is 17.0 Å². The van der Waals surface area contributed by atoms with Gasteiger partial charge in [0.1, 0.15) is 0 Å². The summed E-state index contributed by atoms with van der Waals surface area (Å²) in [5.74, 6) is 1.24. The highest BCUT2D eigenvalue weighted by molar-refractivity contribution is 5.74. The molecule has 1 N–H and O–H groups in total. The SMILES string of the molecule is O=C(NCCCn1nc2ccccn2c1=O)N1CC2CC=CCC2C1. The second-order valence-electron chi connectivity index (χ2n) is 6.89. The number of rotatable bonds is 4. The van der Waals surface area contributed by atoms with Crippen molar-refractivity contribution in [2.24, 2.45) is 11.8 Å². The van der Waals surface area contributed by atoms with Crippen molar-refractivity contribution in [3.05, 3.63) is 47.0 Å². The highest BCUT2D eigenvalue weighted by Crippen LogP contribution is 2.32. The predicted molar refractivity (Wildman–Crippen MR) is 94.4 cm³/mol. The molecule has 2 aliphatic rings. The number of carbonyl (C=O) groups is 1. The van der Waals surface area contributed by atoms with Gasteiger partial charge in [-0.05, 0) is 43.2 Å². The number of urea groups is 1. The fourth-order valence-electron chi connectivity index (χ4n) is 3.83. The van der Waals surface area contributed by atoms with E-state index in [0.717, 1.165) is 25.9 Å². The Labute approximate surface area is 145 Å². The summed E-state index contributed by atoms with van der Waals surface area (Å²) in [6.07, 6.45) is 9.03. The minimum atomic E-state index is -0.141. The number of hydrogen-bond donors (Lipinski definition) is 1. The van der Waals surface area contributed by atoms with Gasteiger partial charge >= 0.3 is 11.7 Å². The molecule has 25 heavy (non-hydrogen) atoms. The number of aromatic nitrogens is 3. The molecule has 0 spiro atoms. The Bertz CT molecular complexity index is 837. The third kappa shape index (κ3) is 3.18. The number of aryl methyl sites for hydroxylation is 1. The van der Waals surface area contributed by atoms with Crippen LogP contribution in [0.25, 0.3) is 5.65 Å². The van der Waals surface area contributed by atoms with Gasteiger partial charge in [0.05, 0.1) is 0 Å². The molecule has 2 atom stereocenters. The van der Waals surface area contributed by atoms with Crippen LogP contribution >= 0.6 is 0 Å². The van der Waals surface area contributed by atoms with Gasteiger partial charge in [0.25, 0.3) is 0 Å². The number of nitrogens with zero attached hydrogens (tertiary/aromatic N) is 4. The van der Waals surface area contributed by atoms with E-state index >= 15 is 0 Å². The molecule has 1 fully saturated rings. The Hall–Kier alpha value is -2.57. The lowest BCUT2D eigenvalue weighted by molar-refractivity contribution is 0.206. The lowest BCUT2D eigenvalue weighted by Gasteiger charge is -2.17. The van der Waals surface area contributed by atoms with E-state index in [-0.39, 0.29) is 11.7 Å². The maximum absolute atomic E-state index is 12.3. The summed E-state index contributed by atoms with van der Waals surface area (Å²) in [6, 6.07) is 5.48. The van der Waals surface area contributed by atoms with Gasteiger partial charge in [-0.15, -0.1) is 5.10 Å². The van der Waals surface area contributed by atoms with Crippen molar-refractivity contribution in [1.82, 2.24) is 24.4 Å². The van der Waals surface area contributed by atoms with Crippen molar-refractivity contribution in [3.8, 4) is 0 Å². The first-order chi connectivity index (χ1) is 12.2. The first kappa shape index (κ1) is 15.9. The average molecular weight is 341 g/mol. The van der Waals surface area contributed by atoms with Crippen LogP contribution in [-0.4, -0.2) is 44.7 Å². The summed E-state index contributed by atoms with van der Waals surface area (Å²) in [5.41, 5.74) is 0.503. The Morgan fingerprint density at radius 3 is 2.68 bits per heavy atom. The third-order valence-electron chi connectivity index (χ3n) is 5.22. The minimum absolute atomic E-state index is 0.0109. The molecule has 132 valence electrons. The Morgan fingerprint density at radius 2 is 1.96 bits per heavy atom. The van der Waals surface area contributed by atoms with Crippen LogP contribution < -0.4 is 11.0 Å². The molecular formula is C18H23N5O2. The predicted octanol–water partition coefficient (Wildman–Crippen LogP) is 1.49. The van der Waals surface area contributed by atoms with Crippen LogP contribution in [0.1, 0.15) is 19.3 Å². The van der Waals surface area contributed by atoms with E-state index in [9.17, 15) is 9.59 Å². The van der Waals surface area contributed by atoms with Crippen LogP contribution in [0, 0.1) is 11.8 Å². The number of allylic oxidation sites excluding steroid dienone is 2. The van der Waals surface area contributed by atoms with E-state index in [4.69, 9.17) is 0 Å². The molecule has 0 saturated carbocycles. The van der Waals surface area contributed by atoms with Crippen molar-refractivity contribution in [1.29, 1.82) is 0 Å². The zero-order chi connectivity index (χ0) is 17.2. The van der Waals surface area contributed by atoms with Crippen LogP contribution in [0.4, 0.5) is 4.79 Å². The molecule has 2 aromatic heterocycles. The van der Waals surface area contributed by atoms with E-state index < -0.39 is 0 Å². The molecule has 3 heterocycles. The second-order valence-corrected chi connectivity index (χ2v) is 6.89. The largest absolute Gasteiger partial charge is 0.350 e. The monoisotopic (exact) mass is 341 g/mol. The van der Waals surface area contributed by atoms with Gasteiger partial charge in [-0.3, -0.25) is 4.40 Å². The third-order valence-corrected chi connectivity index (χ3v) is 5.22. The number of fused-ring (bicyclic) bond motifs is 2. The molecule has 1 saturated heterocycles. The lowest BCUT2D eigenvalue weighted by Crippen LogP contribution is -2.39. The van der Waals surface area contributed by atoms with E-state index in [0.29, 0.717) is 37.0 Å². The Kier molecular flexibility index (Phi) is 4.29. The summed E-state index contributed by atoms with van der Waals surface area (Å²) >= 11 is 0. The van der Waals surface area contributed by atoms with Gasteiger partial charge in [-0.25, -0.2) is 14.3 Å². The summed E-state index contributed by atoms with van der Waals surface area (Å²) < 4.78 is 2.98.